The van der Waals surface area contributed by atoms with Gasteiger partial charge in [0.2, 0.25) is 0 Å². The van der Waals surface area contributed by atoms with Crippen LogP contribution in [0.4, 0.5) is 13.2 Å². The topological polar surface area (TPSA) is 0 Å². The van der Waals surface area contributed by atoms with Crippen molar-refractivity contribution in [2.45, 2.75) is 0 Å². The molecule has 0 bridgehead atoms. The van der Waals surface area contributed by atoms with E-state index in [1.807, 2.05) is 0 Å². The summed E-state index contributed by atoms with van der Waals surface area (Å²) in [5.41, 5.74) is -0.516. The predicted octanol–water partition coefficient (Wildman–Crippen LogP) is 2.16. The lowest BCUT2D eigenvalue weighted by atomic mass is 10.2. The van der Waals surface area contributed by atoms with Crippen LogP contribution in [0.5, 0.6) is 0 Å². The Labute approximate surface area is 56.3 Å². The first-order valence-electron chi connectivity index (χ1n) is 2.51. The molecular weight excluding hydrogens is 141 g/mol. The van der Waals surface area contributed by atoms with Gasteiger partial charge in [-0.25, -0.2) is 13.2 Å². The third-order valence-corrected chi connectivity index (χ3v) is 1.02. The van der Waals surface area contributed by atoms with Gasteiger partial charge in [-0.1, -0.05) is 0 Å². The molecule has 1 aromatic carbocycles. The van der Waals surface area contributed by atoms with Crippen molar-refractivity contribution < 1.29 is 13.2 Å². The van der Waals surface area contributed by atoms with E-state index in [9.17, 15) is 13.2 Å². The van der Waals surface area contributed by atoms with Crippen LogP contribution in [0.3, 0.4) is 0 Å². The Morgan fingerprint density at radius 1 is 1.10 bits per heavy atom. The molecule has 0 unspecified atom stereocenters. The van der Waals surface area contributed by atoms with Crippen LogP contribution < -0.4 is 0 Å². The molecule has 0 saturated carbocycles. The van der Waals surface area contributed by atoms with Crippen molar-refractivity contribution in [3.8, 4) is 0 Å². The highest BCUT2D eigenvalue weighted by Gasteiger charge is 2.06. The van der Waals surface area contributed by atoms with Gasteiger partial charge < -0.3 is 0 Å². The van der Waals surface area contributed by atoms with E-state index in [1.54, 1.807) is 0 Å². The fourth-order valence-corrected chi connectivity index (χ4v) is 0.576. The molecule has 0 aliphatic heterocycles. The second kappa shape index (κ2) is 2.33. The van der Waals surface area contributed by atoms with Crippen molar-refractivity contribution in [1.29, 1.82) is 0 Å². The Morgan fingerprint density at radius 3 is 2.20 bits per heavy atom. The van der Waals surface area contributed by atoms with Crippen LogP contribution in [-0.4, -0.2) is 0 Å². The number of hydrogen-bond donors (Lipinski definition) is 0. The van der Waals surface area contributed by atoms with Crippen molar-refractivity contribution >= 4 is 0 Å². The maximum absolute atomic E-state index is 12.2. The van der Waals surface area contributed by atoms with Gasteiger partial charge in [0.25, 0.3) is 0 Å². The van der Waals surface area contributed by atoms with Gasteiger partial charge in [0.15, 0.2) is 11.6 Å². The fourth-order valence-electron chi connectivity index (χ4n) is 0.576. The summed E-state index contributed by atoms with van der Waals surface area (Å²) in [5.74, 6) is -3.35. The van der Waals surface area contributed by atoms with Gasteiger partial charge in [-0.05, 0) is 11.6 Å². The molecule has 52 valence electrons. The first-order chi connectivity index (χ1) is 4.61. The molecule has 0 atom stereocenters. The van der Waals surface area contributed by atoms with Crippen LogP contribution in [0.1, 0.15) is 5.56 Å². The quantitative estimate of drug-likeness (QED) is 0.489. The Bertz CT molecular complexity index is 232. The first-order valence-corrected chi connectivity index (χ1v) is 2.51. The molecule has 0 N–H and O–H groups in total. The Hall–Kier alpha value is -0.990. The van der Waals surface area contributed by atoms with E-state index in [1.165, 1.54) is 0 Å². The number of hydrogen-bond acceptors (Lipinski definition) is 0. The van der Waals surface area contributed by atoms with Crippen LogP contribution in [0.25, 0.3) is 0 Å². The summed E-state index contributed by atoms with van der Waals surface area (Å²) >= 11 is 0. The lowest BCUT2D eigenvalue weighted by Gasteiger charge is -1.95. The van der Waals surface area contributed by atoms with E-state index in [0.29, 0.717) is 6.07 Å². The van der Waals surface area contributed by atoms with Crippen LogP contribution >= 0.6 is 0 Å². The minimum Gasteiger partial charge on any atom is -0.207 e. The van der Waals surface area contributed by atoms with Crippen molar-refractivity contribution in [3.05, 3.63) is 42.1 Å². The highest BCUT2D eigenvalue weighted by molar-refractivity contribution is 5.22. The van der Waals surface area contributed by atoms with E-state index < -0.39 is 23.0 Å². The standard InChI is InChI=1S/C7H3F3/c1-4-2-5(8)3-6(9)7(4)10/h1-3H. The molecule has 0 nitrogen and oxygen atoms in total. The SMILES string of the molecule is [CH]c1cc(F)cc(F)c1F. The molecule has 0 saturated heterocycles. The van der Waals surface area contributed by atoms with Gasteiger partial charge in [0, 0.05) is 13.0 Å². The summed E-state index contributed by atoms with van der Waals surface area (Å²) in [6.07, 6.45) is 0. The molecule has 10 heavy (non-hydrogen) atoms. The minimum absolute atomic E-state index is 0.436. The Balaban J connectivity index is 3.31. The third-order valence-electron chi connectivity index (χ3n) is 1.02. The average molecular weight is 144 g/mol. The Kier molecular flexibility index (Phi) is 1.66. The highest BCUT2D eigenvalue weighted by Crippen LogP contribution is 2.12. The average Bonchev–Trinajstić information content (AvgIpc) is 1.82. The summed E-state index contributed by atoms with van der Waals surface area (Å²) < 4.78 is 36.5. The summed E-state index contributed by atoms with van der Waals surface area (Å²) in [4.78, 5) is 0. The molecule has 0 aliphatic rings. The van der Waals surface area contributed by atoms with Gasteiger partial charge in [-0.3, -0.25) is 0 Å². The summed E-state index contributed by atoms with van der Waals surface area (Å²) in [5, 5.41) is 0. The summed E-state index contributed by atoms with van der Waals surface area (Å²) in [7, 11) is 0. The fraction of sp³-hybridized carbons (Fsp3) is 0. The molecule has 0 amide bonds. The monoisotopic (exact) mass is 144 g/mol. The van der Waals surface area contributed by atoms with Crippen molar-refractivity contribution in [3.63, 3.8) is 0 Å². The van der Waals surface area contributed by atoms with E-state index >= 15 is 0 Å². The molecule has 0 fully saturated rings. The second-order valence-electron chi connectivity index (χ2n) is 1.79. The zero-order chi connectivity index (χ0) is 7.72. The van der Waals surface area contributed by atoms with E-state index in [4.69, 9.17) is 6.92 Å². The molecule has 2 radical (unpaired) electrons. The van der Waals surface area contributed by atoms with Crippen molar-refractivity contribution in [1.82, 2.24) is 0 Å². The summed E-state index contributed by atoms with van der Waals surface area (Å²) in [6.45, 7) is 4.87. The van der Waals surface area contributed by atoms with Gasteiger partial charge >= 0.3 is 0 Å². The normalized spacial score (nSPS) is 10.0. The maximum Gasteiger partial charge on any atom is 0.162 e. The number of benzene rings is 1. The predicted molar refractivity (Wildman–Crippen MR) is 29.7 cm³/mol. The zero-order valence-corrected chi connectivity index (χ0v) is 4.87. The smallest absolute Gasteiger partial charge is 0.162 e. The van der Waals surface area contributed by atoms with Crippen LogP contribution in [0.15, 0.2) is 12.1 Å². The lowest BCUT2D eigenvalue weighted by Crippen LogP contribution is -1.89. The van der Waals surface area contributed by atoms with E-state index in [-0.39, 0.29) is 0 Å². The zero-order valence-electron chi connectivity index (χ0n) is 4.87. The summed E-state index contributed by atoms with van der Waals surface area (Å²) in [6, 6.07) is 1.16. The van der Waals surface area contributed by atoms with E-state index in [0.717, 1.165) is 6.07 Å². The van der Waals surface area contributed by atoms with E-state index in [2.05, 4.69) is 0 Å². The minimum atomic E-state index is -1.27. The van der Waals surface area contributed by atoms with Gasteiger partial charge in [0.05, 0.1) is 0 Å². The largest absolute Gasteiger partial charge is 0.207 e. The molecule has 0 spiro atoms. The molecule has 3 heteroatoms. The molecule has 1 aromatic rings. The third kappa shape index (κ3) is 1.12. The number of halogens is 3. The first kappa shape index (κ1) is 7.12. The van der Waals surface area contributed by atoms with Crippen molar-refractivity contribution in [2.75, 3.05) is 0 Å². The lowest BCUT2D eigenvalue weighted by molar-refractivity contribution is 0.492. The molecular formula is C7H3F3. The Morgan fingerprint density at radius 2 is 1.70 bits per heavy atom. The van der Waals surface area contributed by atoms with Gasteiger partial charge in [-0.15, -0.1) is 0 Å². The van der Waals surface area contributed by atoms with Crippen molar-refractivity contribution in [2.24, 2.45) is 0 Å². The maximum atomic E-state index is 12.2. The van der Waals surface area contributed by atoms with Crippen LogP contribution in [-0.2, 0) is 0 Å². The molecule has 0 aromatic heterocycles. The van der Waals surface area contributed by atoms with Gasteiger partial charge in [-0.2, -0.15) is 0 Å². The van der Waals surface area contributed by atoms with Crippen LogP contribution in [0, 0.1) is 24.4 Å². The number of rotatable bonds is 0. The molecule has 0 aliphatic carbocycles. The highest BCUT2D eigenvalue weighted by atomic mass is 19.2. The van der Waals surface area contributed by atoms with Crippen LogP contribution in [0.2, 0.25) is 0 Å². The molecule has 1 rings (SSSR count). The van der Waals surface area contributed by atoms with Gasteiger partial charge in [0.1, 0.15) is 5.82 Å². The molecule has 0 heterocycles. The second-order valence-corrected chi connectivity index (χ2v) is 1.79.